The molecule has 0 aliphatic heterocycles. The molecule has 5 heteroatoms. The third kappa shape index (κ3) is 2.27. The van der Waals surface area contributed by atoms with E-state index in [2.05, 4.69) is 34.8 Å². The number of aromatic nitrogens is 2. The van der Waals surface area contributed by atoms with E-state index in [0.717, 1.165) is 21.6 Å². The van der Waals surface area contributed by atoms with Crippen LogP contribution in [0.15, 0.2) is 22.7 Å². The first-order chi connectivity index (χ1) is 8.41. The van der Waals surface area contributed by atoms with Crippen LogP contribution in [0.2, 0.25) is 5.02 Å². The smallest absolute Gasteiger partial charge is 0.132 e. The number of anilines is 1. The van der Waals surface area contributed by atoms with E-state index in [0.29, 0.717) is 10.8 Å². The molecule has 0 saturated heterocycles. The summed E-state index contributed by atoms with van der Waals surface area (Å²) in [6.45, 7) is 6.11. The largest absolute Gasteiger partial charge is 0.383 e. The van der Waals surface area contributed by atoms with Gasteiger partial charge in [0, 0.05) is 16.1 Å². The molecular formula is C13H15BrClN3. The number of hydrogen-bond donors (Lipinski definition) is 1. The lowest BCUT2D eigenvalue weighted by Crippen LogP contribution is -2.07. The van der Waals surface area contributed by atoms with Crippen molar-refractivity contribution >= 4 is 33.3 Å². The molecule has 96 valence electrons. The molecule has 2 N–H and O–H groups in total. The normalized spacial score (nSPS) is 11.2. The van der Waals surface area contributed by atoms with Gasteiger partial charge in [0.15, 0.2) is 0 Å². The van der Waals surface area contributed by atoms with Crippen molar-refractivity contribution in [1.29, 1.82) is 0 Å². The van der Waals surface area contributed by atoms with Crippen LogP contribution in [0.3, 0.4) is 0 Å². The molecule has 0 amide bonds. The highest BCUT2D eigenvalue weighted by atomic mass is 79.9. The molecule has 18 heavy (non-hydrogen) atoms. The Labute approximate surface area is 120 Å². The number of nitrogens with zero attached hydrogens (tertiary/aromatic N) is 2. The standard InChI is InChI=1S/C13H15BrClN3/c1-7(2)18-8(3)17-12(13(18)16)10-6-9(14)4-5-11(10)15/h4-7H,16H2,1-3H3. The maximum atomic E-state index is 6.22. The van der Waals surface area contributed by atoms with E-state index in [-0.39, 0.29) is 6.04 Å². The average molecular weight is 329 g/mol. The average Bonchev–Trinajstić information content (AvgIpc) is 2.57. The van der Waals surface area contributed by atoms with Gasteiger partial charge in [-0.05, 0) is 39.0 Å². The molecular weight excluding hydrogens is 314 g/mol. The van der Waals surface area contributed by atoms with Crippen molar-refractivity contribution in [2.24, 2.45) is 0 Å². The molecule has 2 aromatic rings. The first kappa shape index (κ1) is 13.4. The predicted octanol–water partition coefficient (Wildman–Crippen LogP) is 4.44. The number of rotatable bonds is 2. The second-order valence-corrected chi connectivity index (χ2v) is 5.80. The maximum Gasteiger partial charge on any atom is 0.132 e. The second-order valence-electron chi connectivity index (χ2n) is 4.48. The second kappa shape index (κ2) is 4.94. The Bertz CT molecular complexity index is 590. The number of nitrogens with two attached hydrogens (primary N) is 1. The lowest BCUT2D eigenvalue weighted by Gasteiger charge is -2.11. The third-order valence-electron chi connectivity index (χ3n) is 2.82. The highest BCUT2D eigenvalue weighted by Gasteiger charge is 2.17. The monoisotopic (exact) mass is 327 g/mol. The van der Waals surface area contributed by atoms with Crippen LogP contribution in [0.5, 0.6) is 0 Å². The molecule has 0 aliphatic rings. The van der Waals surface area contributed by atoms with Crippen molar-refractivity contribution in [2.45, 2.75) is 26.8 Å². The van der Waals surface area contributed by atoms with E-state index in [9.17, 15) is 0 Å². The van der Waals surface area contributed by atoms with Gasteiger partial charge in [-0.2, -0.15) is 0 Å². The van der Waals surface area contributed by atoms with Crippen LogP contribution in [-0.2, 0) is 0 Å². The molecule has 0 saturated carbocycles. The summed E-state index contributed by atoms with van der Waals surface area (Å²) in [4.78, 5) is 4.54. The van der Waals surface area contributed by atoms with E-state index in [1.807, 2.05) is 29.7 Å². The van der Waals surface area contributed by atoms with Crippen molar-refractivity contribution in [3.63, 3.8) is 0 Å². The van der Waals surface area contributed by atoms with Crippen molar-refractivity contribution in [3.05, 3.63) is 33.5 Å². The van der Waals surface area contributed by atoms with Gasteiger partial charge < -0.3 is 10.3 Å². The van der Waals surface area contributed by atoms with Gasteiger partial charge in [0.1, 0.15) is 17.3 Å². The van der Waals surface area contributed by atoms with Gasteiger partial charge >= 0.3 is 0 Å². The van der Waals surface area contributed by atoms with E-state index in [1.54, 1.807) is 0 Å². The summed E-state index contributed by atoms with van der Waals surface area (Å²) in [6, 6.07) is 5.95. The summed E-state index contributed by atoms with van der Waals surface area (Å²) in [5.74, 6) is 1.55. The van der Waals surface area contributed by atoms with Crippen LogP contribution in [-0.4, -0.2) is 9.55 Å². The minimum atomic E-state index is 0.275. The van der Waals surface area contributed by atoms with E-state index < -0.39 is 0 Å². The highest BCUT2D eigenvalue weighted by molar-refractivity contribution is 9.10. The Morgan fingerprint density at radius 3 is 2.61 bits per heavy atom. The third-order valence-corrected chi connectivity index (χ3v) is 3.65. The topological polar surface area (TPSA) is 43.8 Å². The number of nitrogen functional groups attached to an aromatic ring is 1. The zero-order chi connectivity index (χ0) is 13.4. The number of aryl methyl sites for hydroxylation is 1. The minimum Gasteiger partial charge on any atom is -0.383 e. The van der Waals surface area contributed by atoms with Crippen LogP contribution in [0.1, 0.15) is 25.7 Å². The van der Waals surface area contributed by atoms with Crippen LogP contribution >= 0.6 is 27.5 Å². The Morgan fingerprint density at radius 1 is 1.39 bits per heavy atom. The number of hydrogen-bond acceptors (Lipinski definition) is 2. The molecule has 2 rings (SSSR count). The van der Waals surface area contributed by atoms with E-state index in [1.165, 1.54) is 0 Å². The molecule has 0 spiro atoms. The lowest BCUT2D eigenvalue weighted by atomic mass is 10.1. The Kier molecular flexibility index (Phi) is 3.69. The van der Waals surface area contributed by atoms with Crippen LogP contribution in [0.25, 0.3) is 11.3 Å². The van der Waals surface area contributed by atoms with Gasteiger partial charge in [-0.1, -0.05) is 27.5 Å². The number of halogens is 2. The predicted molar refractivity (Wildman–Crippen MR) is 79.9 cm³/mol. The molecule has 0 fully saturated rings. The molecule has 0 unspecified atom stereocenters. The maximum absolute atomic E-state index is 6.22. The molecule has 0 radical (unpaired) electrons. The minimum absolute atomic E-state index is 0.275. The SMILES string of the molecule is Cc1nc(-c2cc(Br)ccc2Cl)c(N)n1C(C)C. The fourth-order valence-electron chi connectivity index (χ4n) is 2.09. The Hall–Kier alpha value is -1.00. The van der Waals surface area contributed by atoms with Crippen LogP contribution in [0.4, 0.5) is 5.82 Å². The van der Waals surface area contributed by atoms with Gasteiger partial charge in [-0.25, -0.2) is 4.98 Å². The molecule has 1 aromatic carbocycles. The summed E-state index contributed by atoms with van der Waals surface area (Å²) < 4.78 is 2.96. The fourth-order valence-corrected chi connectivity index (χ4v) is 2.66. The van der Waals surface area contributed by atoms with Crippen molar-refractivity contribution in [1.82, 2.24) is 9.55 Å². The van der Waals surface area contributed by atoms with Crippen molar-refractivity contribution in [2.75, 3.05) is 5.73 Å². The summed E-state index contributed by atoms with van der Waals surface area (Å²) in [6.07, 6.45) is 0. The van der Waals surface area contributed by atoms with E-state index >= 15 is 0 Å². The molecule has 1 heterocycles. The summed E-state index contributed by atoms with van der Waals surface area (Å²) in [5.41, 5.74) is 7.78. The zero-order valence-corrected chi connectivity index (χ0v) is 12.9. The quantitative estimate of drug-likeness (QED) is 0.886. The fraction of sp³-hybridized carbons (Fsp3) is 0.308. The summed E-state index contributed by atoms with van der Waals surface area (Å²) in [5, 5.41) is 0.651. The number of imidazole rings is 1. The molecule has 0 aliphatic carbocycles. The Balaban J connectivity index is 2.65. The molecule has 0 bridgehead atoms. The van der Waals surface area contributed by atoms with Gasteiger partial charge in [-0.15, -0.1) is 0 Å². The zero-order valence-electron chi connectivity index (χ0n) is 10.5. The van der Waals surface area contributed by atoms with Gasteiger partial charge in [-0.3, -0.25) is 0 Å². The molecule has 1 aromatic heterocycles. The summed E-state index contributed by atoms with van der Waals surface area (Å²) >= 11 is 9.66. The van der Waals surface area contributed by atoms with Gasteiger partial charge in [0.05, 0.1) is 5.02 Å². The van der Waals surface area contributed by atoms with Crippen LogP contribution < -0.4 is 5.73 Å². The first-order valence-corrected chi connectivity index (χ1v) is 6.88. The van der Waals surface area contributed by atoms with Crippen LogP contribution in [0, 0.1) is 6.92 Å². The molecule has 3 nitrogen and oxygen atoms in total. The number of benzene rings is 1. The highest BCUT2D eigenvalue weighted by Crippen LogP contribution is 2.35. The lowest BCUT2D eigenvalue weighted by molar-refractivity contribution is 0.590. The first-order valence-electron chi connectivity index (χ1n) is 5.71. The van der Waals surface area contributed by atoms with Crippen molar-refractivity contribution < 1.29 is 0 Å². The van der Waals surface area contributed by atoms with Crippen molar-refractivity contribution in [3.8, 4) is 11.3 Å². The van der Waals surface area contributed by atoms with E-state index in [4.69, 9.17) is 17.3 Å². The van der Waals surface area contributed by atoms with Gasteiger partial charge in [0.2, 0.25) is 0 Å². The van der Waals surface area contributed by atoms with Gasteiger partial charge in [0.25, 0.3) is 0 Å². The Morgan fingerprint density at radius 2 is 2.06 bits per heavy atom. The summed E-state index contributed by atoms with van der Waals surface area (Å²) in [7, 11) is 0. The molecule has 0 atom stereocenters.